The number of benzene rings is 1. The normalized spacial score (nSPS) is 24.1. The van der Waals surface area contributed by atoms with Gasteiger partial charge in [-0.05, 0) is 25.0 Å². The number of nitrogens with two attached hydrogens (primary N) is 1. The van der Waals surface area contributed by atoms with Crippen molar-refractivity contribution in [2.24, 2.45) is 5.73 Å². The summed E-state index contributed by atoms with van der Waals surface area (Å²) in [7, 11) is -3.50. The fourth-order valence-electron chi connectivity index (χ4n) is 2.44. The number of nitro groups is 1. The van der Waals surface area contributed by atoms with Gasteiger partial charge in [0.2, 0.25) is 0 Å². The molecule has 0 aromatic heterocycles. The van der Waals surface area contributed by atoms with Crippen LogP contribution in [0, 0.1) is 10.1 Å². The molecule has 0 bridgehead atoms. The first-order valence-electron chi connectivity index (χ1n) is 6.17. The van der Waals surface area contributed by atoms with Crippen LogP contribution in [-0.4, -0.2) is 24.6 Å². The second-order valence-electron chi connectivity index (χ2n) is 4.78. The number of hydrogen-bond acceptors (Lipinski definition) is 5. The molecular weight excluding hydrogens is 268 g/mol. The van der Waals surface area contributed by atoms with E-state index in [2.05, 4.69) is 0 Å². The number of non-ortho nitro benzene ring substituents is 1. The SMILES string of the molecule is NC1CCCCC1S(=O)(=O)c1ccc([N+](=O)[O-])cc1. The van der Waals surface area contributed by atoms with Crippen LogP contribution in [0.15, 0.2) is 29.2 Å². The molecule has 1 aliphatic carbocycles. The third-order valence-electron chi connectivity index (χ3n) is 3.53. The van der Waals surface area contributed by atoms with Gasteiger partial charge in [0.05, 0.1) is 15.1 Å². The van der Waals surface area contributed by atoms with E-state index in [1.165, 1.54) is 24.3 Å². The monoisotopic (exact) mass is 284 g/mol. The molecule has 0 spiro atoms. The van der Waals surface area contributed by atoms with Crippen LogP contribution in [0.4, 0.5) is 5.69 Å². The Morgan fingerprint density at radius 1 is 1.16 bits per heavy atom. The van der Waals surface area contributed by atoms with E-state index >= 15 is 0 Å². The van der Waals surface area contributed by atoms with Crippen LogP contribution in [-0.2, 0) is 9.84 Å². The molecule has 7 heteroatoms. The molecule has 1 saturated carbocycles. The van der Waals surface area contributed by atoms with Crippen molar-refractivity contribution in [1.29, 1.82) is 0 Å². The van der Waals surface area contributed by atoms with Gasteiger partial charge in [0.15, 0.2) is 9.84 Å². The van der Waals surface area contributed by atoms with Gasteiger partial charge in [0.25, 0.3) is 5.69 Å². The summed E-state index contributed by atoms with van der Waals surface area (Å²) >= 11 is 0. The average Bonchev–Trinajstić information content (AvgIpc) is 2.39. The molecule has 2 atom stereocenters. The first-order valence-corrected chi connectivity index (χ1v) is 7.71. The van der Waals surface area contributed by atoms with E-state index in [-0.39, 0.29) is 16.6 Å². The third kappa shape index (κ3) is 2.76. The summed E-state index contributed by atoms with van der Waals surface area (Å²) in [5, 5.41) is 9.97. The lowest BCUT2D eigenvalue weighted by Crippen LogP contribution is -2.42. The molecule has 1 aromatic rings. The maximum absolute atomic E-state index is 12.4. The zero-order valence-electron chi connectivity index (χ0n) is 10.4. The molecule has 1 fully saturated rings. The minimum absolute atomic E-state index is 0.112. The van der Waals surface area contributed by atoms with E-state index in [1.807, 2.05) is 0 Å². The summed E-state index contributed by atoms with van der Waals surface area (Å²) < 4.78 is 24.9. The summed E-state index contributed by atoms with van der Waals surface area (Å²) in [5.41, 5.74) is 5.77. The zero-order valence-corrected chi connectivity index (χ0v) is 11.2. The molecule has 1 aliphatic rings. The van der Waals surface area contributed by atoms with Gasteiger partial charge < -0.3 is 5.73 Å². The average molecular weight is 284 g/mol. The number of rotatable bonds is 3. The highest BCUT2D eigenvalue weighted by Gasteiger charge is 2.34. The van der Waals surface area contributed by atoms with Crippen LogP contribution in [0.5, 0.6) is 0 Å². The molecule has 6 nitrogen and oxygen atoms in total. The quantitative estimate of drug-likeness (QED) is 0.671. The Hall–Kier alpha value is -1.47. The Labute approximate surface area is 111 Å². The summed E-state index contributed by atoms with van der Waals surface area (Å²) in [4.78, 5) is 10.1. The Bertz CT molecular complexity index is 568. The first kappa shape index (κ1) is 14.0. The molecule has 0 radical (unpaired) electrons. The molecule has 104 valence electrons. The molecule has 0 amide bonds. The minimum atomic E-state index is -3.50. The number of hydrogen-bond donors (Lipinski definition) is 1. The van der Waals surface area contributed by atoms with Crippen molar-refractivity contribution in [3.05, 3.63) is 34.4 Å². The van der Waals surface area contributed by atoms with Crippen LogP contribution < -0.4 is 5.73 Å². The predicted molar refractivity (Wildman–Crippen MR) is 70.5 cm³/mol. The number of sulfone groups is 1. The van der Waals surface area contributed by atoms with E-state index in [0.717, 1.165) is 12.8 Å². The number of nitrogens with zero attached hydrogens (tertiary/aromatic N) is 1. The third-order valence-corrected chi connectivity index (χ3v) is 5.84. The Balaban J connectivity index is 2.30. The lowest BCUT2D eigenvalue weighted by Gasteiger charge is -2.28. The Kier molecular flexibility index (Phi) is 3.86. The van der Waals surface area contributed by atoms with Crippen molar-refractivity contribution in [3.8, 4) is 0 Å². The first-order chi connectivity index (χ1) is 8.93. The Morgan fingerprint density at radius 3 is 2.26 bits per heavy atom. The number of nitro benzene ring substituents is 1. The van der Waals surface area contributed by atoms with E-state index in [9.17, 15) is 18.5 Å². The molecule has 2 rings (SSSR count). The lowest BCUT2D eigenvalue weighted by atomic mass is 9.96. The van der Waals surface area contributed by atoms with Crippen LogP contribution in [0.3, 0.4) is 0 Å². The van der Waals surface area contributed by atoms with Crippen LogP contribution in [0.2, 0.25) is 0 Å². The standard InChI is InChI=1S/C12H16N2O4S/c13-11-3-1-2-4-12(11)19(17,18)10-7-5-9(6-8-10)14(15)16/h5-8,11-12H,1-4,13H2. The second kappa shape index (κ2) is 5.26. The fraction of sp³-hybridized carbons (Fsp3) is 0.500. The molecular formula is C12H16N2O4S. The summed E-state index contributed by atoms with van der Waals surface area (Å²) in [6.07, 6.45) is 3.06. The summed E-state index contributed by atoms with van der Waals surface area (Å²) in [6.45, 7) is 0. The van der Waals surface area contributed by atoms with E-state index in [0.29, 0.717) is 12.8 Å². The van der Waals surface area contributed by atoms with Gasteiger partial charge in [-0.2, -0.15) is 0 Å². The van der Waals surface area contributed by atoms with E-state index < -0.39 is 20.0 Å². The topological polar surface area (TPSA) is 103 Å². The fourth-order valence-corrected chi connectivity index (χ4v) is 4.38. The highest BCUT2D eigenvalue weighted by molar-refractivity contribution is 7.92. The molecule has 2 N–H and O–H groups in total. The van der Waals surface area contributed by atoms with Gasteiger partial charge >= 0.3 is 0 Å². The smallest absolute Gasteiger partial charge is 0.269 e. The minimum Gasteiger partial charge on any atom is -0.327 e. The molecule has 0 saturated heterocycles. The van der Waals surface area contributed by atoms with Gasteiger partial charge in [0.1, 0.15) is 0 Å². The van der Waals surface area contributed by atoms with Gasteiger partial charge in [-0.3, -0.25) is 10.1 Å². The molecule has 2 unspecified atom stereocenters. The van der Waals surface area contributed by atoms with Gasteiger partial charge in [-0.25, -0.2) is 8.42 Å². The highest BCUT2D eigenvalue weighted by atomic mass is 32.2. The van der Waals surface area contributed by atoms with Gasteiger partial charge in [-0.1, -0.05) is 12.8 Å². The van der Waals surface area contributed by atoms with Crippen molar-refractivity contribution in [3.63, 3.8) is 0 Å². The molecule has 19 heavy (non-hydrogen) atoms. The van der Waals surface area contributed by atoms with E-state index in [1.54, 1.807) is 0 Å². The zero-order chi connectivity index (χ0) is 14.0. The molecule has 1 aromatic carbocycles. The molecule has 0 aliphatic heterocycles. The second-order valence-corrected chi connectivity index (χ2v) is 6.95. The largest absolute Gasteiger partial charge is 0.327 e. The molecule has 0 heterocycles. The Morgan fingerprint density at radius 2 is 1.74 bits per heavy atom. The maximum atomic E-state index is 12.4. The van der Waals surface area contributed by atoms with Crippen molar-refractivity contribution >= 4 is 15.5 Å². The summed E-state index contributed by atoms with van der Waals surface area (Å²) in [6, 6.07) is 4.64. The maximum Gasteiger partial charge on any atom is 0.269 e. The van der Waals surface area contributed by atoms with Gasteiger partial charge in [0, 0.05) is 18.2 Å². The lowest BCUT2D eigenvalue weighted by molar-refractivity contribution is -0.384. The summed E-state index contributed by atoms with van der Waals surface area (Å²) in [5.74, 6) is 0. The van der Waals surface area contributed by atoms with Crippen molar-refractivity contribution in [2.45, 2.75) is 41.9 Å². The van der Waals surface area contributed by atoms with Crippen molar-refractivity contribution < 1.29 is 13.3 Å². The van der Waals surface area contributed by atoms with Crippen molar-refractivity contribution in [2.75, 3.05) is 0 Å². The van der Waals surface area contributed by atoms with E-state index in [4.69, 9.17) is 5.73 Å². The van der Waals surface area contributed by atoms with Crippen molar-refractivity contribution in [1.82, 2.24) is 0 Å². The van der Waals surface area contributed by atoms with Gasteiger partial charge in [-0.15, -0.1) is 0 Å². The van der Waals surface area contributed by atoms with Crippen LogP contribution in [0.25, 0.3) is 0 Å². The van der Waals surface area contributed by atoms with Crippen LogP contribution >= 0.6 is 0 Å². The predicted octanol–water partition coefficient (Wildman–Crippen LogP) is 1.64. The van der Waals surface area contributed by atoms with Crippen LogP contribution in [0.1, 0.15) is 25.7 Å². The highest BCUT2D eigenvalue weighted by Crippen LogP contribution is 2.28.